The third kappa shape index (κ3) is 5.68. The van der Waals surface area contributed by atoms with E-state index in [2.05, 4.69) is 57.9 Å². The first-order valence-electron chi connectivity index (χ1n) is 8.17. The Bertz CT molecular complexity index is 843. The summed E-state index contributed by atoms with van der Waals surface area (Å²) in [5, 5.41) is 16.8. The van der Waals surface area contributed by atoms with Crippen LogP contribution in [0.25, 0.3) is 16.4 Å². The Morgan fingerprint density at radius 2 is 1.65 bits per heavy atom. The molecule has 3 aromatic rings. The van der Waals surface area contributed by atoms with Crippen LogP contribution in [-0.4, -0.2) is 12.2 Å². The minimum atomic E-state index is 0.355. The Morgan fingerprint density at radius 3 is 2.35 bits per heavy atom. The molecule has 0 heterocycles. The molecule has 0 fully saturated rings. The summed E-state index contributed by atoms with van der Waals surface area (Å²) < 4.78 is 0. The molecular formula is C21H21ClNOPTi. The predicted molar refractivity (Wildman–Crippen MR) is 111 cm³/mol. The first-order chi connectivity index (χ1) is 12.7. The van der Waals surface area contributed by atoms with Crippen molar-refractivity contribution in [2.75, 3.05) is 7.05 Å². The molecule has 0 aliphatic rings. The van der Waals surface area contributed by atoms with Gasteiger partial charge in [0.15, 0.2) is 0 Å². The molecule has 1 unspecified atom stereocenters. The monoisotopic (exact) mass is 417 g/mol. The average Bonchev–Trinajstić information content (AvgIpc) is 2.68. The van der Waals surface area contributed by atoms with Gasteiger partial charge in [-0.1, -0.05) is 74.3 Å². The fourth-order valence-electron chi connectivity index (χ4n) is 2.74. The molecule has 1 atom stereocenters. The van der Waals surface area contributed by atoms with Crippen LogP contribution in [0.1, 0.15) is 11.1 Å². The van der Waals surface area contributed by atoms with Crippen molar-refractivity contribution >= 4 is 28.5 Å². The normalized spacial score (nSPS) is 10.5. The number of benzene rings is 3. The van der Waals surface area contributed by atoms with Gasteiger partial charge in [0.2, 0.25) is 0 Å². The van der Waals surface area contributed by atoms with E-state index in [1.807, 2.05) is 31.3 Å². The van der Waals surface area contributed by atoms with Gasteiger partial charge in [-0.2, -0.15) is 7.05 Å². The zero-order chi connectivity index (χ0) is 18.9. The van der Waals surface area contributed by atoms with Crippen LogP contribution in [0.4, 0.5) is 0 Å². The van der Waals surface area contributed by atoms with Gasteiger partial charge in [-0.15, -0.1) is 6.54 Å². The summed E-state index contributed by atoms with van der Waals surface area (Å²) in [7, 11) is 6.89. The molecule has 1 N–H and O–H groups in total. The van der Waals surface area contributed by atoms with Crippen LogP contribution in [0, 0.1) is 6.92 Å². The van der Waals surface area contributed by atoms with Gasteiger partial charge in [0.05, 0.1) is 0 Å². The number of phenols is 1. The summed E-state index contributed by atoms with van der Waals surface area (Å²) in [6.07, 6.45) is 0. The molecule has 0 spiro atoms. The van der Waals surface area contributed by atoms with Crippen LogP contribution in [0.15, 0.2) is 66.7 Å². The molecule has 3 aromatic carbocycles. The van der Waals surface area contributed by atoms with Crippen molar-refractivity contribution < 1.29 is 24.5 Å². The fourth-order valence-corrected chi connectivity index (χ4v) is 3.94. The predicted octanol–water partition coefficient (Wildman–Crippen LogP) is 5.19. The molecular weight excluding hydrogens is 397 g/mol. The molecule has 2 nitrogen and oxygen atoms in total. The summed E-state index contributed by atoms with van der Waals surface area (Å²) in [5.74, 6) is 0.355. The van der Waals surface area contributed by atoms with Crippen LogP contribution >= 0.6 is 17.9 Å². The van der Waals surface area contributed by atoms with Crippen LogP contribution in [-0.2, 0) is 25.9 Å². The average molecular weight is 418 g/mol. The number of phenolic OH excluding ortho intramolecular Hbond substituents is 1. The van der Waals surface area contributed by atoms with Crippen molar-refractivity contribution in [3.63, 3.8) is 0 Å². The molecule has 0 saturated heterocycles. The molecule has 26 heavy (non-hydrogen) atoms. The van der Waals surface area contributed by atoms with Gasteiger partial charge in [0, 0.05) is 5.30 Å². The molecule has 3 rings (SSSR count). The van der Waals surface area contributed by atoms with Crippen molar-refractivity contribution in [2.45, 2.75) is 13.5 Å². The van der Waals surface area contributed by atoms with Crippen molar-refractivity contribution in [1.29, 1.82) is 0 Å². The van der Waals surface area contributed by atoms with Gasteiger partial charge in [0.25, 0.3) is 0 Å². The number of aryl methyl sites for hydroxylation is 1. The maximum atomic E-state index is 10.3. The first-order valence-corrected chi connectivity index (χ1v) is 11.3. The second-order valence-electron chi connectivity index (χ2n) is 5.86. The van der Waals surface area contributed by atoms with Crippen molar-refractivity contribution in [3.8, 4) is 16.9 Å². The first kappa shape index (κ1) is 21.2. The standard InChI is InChI=1S/C21H21NOP.ClH.Ti/c1-15-8-11-20(18(12-15)14-22-2)24-21-13-17(9-10-19(21)23)16-6-4-3-5-7-16;;/h3-13,23-24H,14H2,1-2H3;1H;/q-1;;+2/p-1. The number of hydrogen-bond donors (Lipinski definition) is 1. The van der Waals surface area contributed by atoms with Gasteiger partial charge in [-0.25, -0.2) is 0 Å². The number of hydrogen-bond acceptors (Lipinski definition) is 1. The minimum absolute atomic E-state index is 0.355. The van der Waals surface area contributed by atoms with E-state index in [0.29, 0.717) is 20.9 Å². The Labute approximate surface area is 173 Å². The van der Waals surface area contributed by atoms with E-state index in [9.17, 15) is 5.11 Å². The molecule has 0 bridgehead atoms. The molecule has 0 amide bonds. The second-order valence-corrected chi connectivity index (χ2v) is 7.19. The van der Waals surface area contributed by atoms with Crippen molar-refractivity contribution in [1.82, 2.24) is 0 Å². The Hall–Kier alpha value is -1.15. The SMILES string of the molecule is C[N-]Cc1cc(C)ccc1Pc1cc(-c2ccccc2)ccc1O.[Cl][Ti+]. The summed E-state index contributed by atoms with van der Waals surface area (Å²) in [6.45, 7) is 2.81. The summed E-state index contributed by atoms with van der Waals surface area (Å²) >= 11 is 1.47. The molecule has 0 saturated carbocycles. The topological polar surface area (TPSA) is 34.3 Å². The van der Waals surface area contributed by atoms with E-state index in [4.69, 9.17) is 0 Å². The quantitative estimate of drug-likeness (QED) is 0.450. The number of halogens is 1. The number of nitrogens with zero attached hydrogens (tertiary/aromatic N) is 1. The van der Waals surface area contributed by atoms with E-state index in [1.165, 1.54) is 35.8 Å². The third-order valence-electron chi connectivity index (χ3n) is 3.96. The van der Waals surface area contributed by atoms with Crippen LogP contribution in [0.3, 0.4) is 0 Å². The van der Waals surface area contributed by atoms with E-state index >= 15 is 0 Å². The zero-order valence-electron chi connectivity index (χ0n) is 14.8. The molecule has 5 heteroatoms. The number of aromatic hydroxyl groups is 1. The van der Waals surface area contributed by atoms with Crippen molar-refractivity contribution in [3.05, 3.63) is 83.2 Å². The fraction of sp³-hybridized carbons (Fsp3) is 0.143. The van der Waals surface area contributed by atoms with Gasteiger partial charge in [-0.05, 0) is 35.5 Å². The van der Waals surface area contributed by atoms with Crippen LogP contribution in [0.2, 0.25) is 0 Å². The van der Waals surface area contributed by atoms with E-state index in [1.54, 1.807) is 6.07 Å². The van der Waals surface area contributed by atoms with Gasteiger partial charge >= 0.3 is 28.7 Å². The third-order valence-corrected chi connectivity index (χ3v) is 5.39. The van der Waals surface area contributed by atoms with Gasteiger partial charge in [-0.3, -0.25) is 0 Å². The van der Waals surface area contributed by atoms with E-state index in [0.717, 1.165) is 16.4 Å². The Balaban J connectivity index is 0.00000117. The van der Waals surface area contributed by atoms with Crippen LogP contribution < -0.4 is 10.6 Å². The Morgan fingerprint density at radius 1 is 0.923 bits per heavy atom. The molecule has 0 aromatic heterocycles. The maximum absolute atomic E-state index is 10.3. The van der Waals surface area contributed by atoms with Crippen molar-refractivity contribution in [2.24, 2.45) is 0 Å². The molecule has 0 aliphatic carbocycles. The molecule has 0 radical (unpaired) electrons. The molecule has 132 valence electrons. The second kappa shape index (κ2) is 10.9. The summed E-state index contributed by atoms with van der Waals surface area (Å²) in [4.78, 5) is 0. The summed E-state index contributed by atoms with van der Waals surface area (Å²) in [5.41, 5.74) is 4.77. The van der Waals surface area contributed by atoms with E-state index in [-0.39, 0.29) is 0 Å². The summed E-state index contributed by atoms with van der Waals surface area (Å²) in [6, 6.07) is 22.6. The van der Waals surface area contributed by atoms with E-state index < -0.39 is 0 Å². The van der Waals surface area contributed by atoms with Crippen LogP contribution in [0.5, 0.6) is 5.75 Å². The number of rotatable bonds is 5. The Kier molecular flexibility index (Phi) is 8.85. The molecule has 0 aliphatic heterocycles. The van der Waals surface area contributed by atoms with Gasteiger partial charge in [0.1, 0.15) is 5.75 Å². The van der Waals surface area contributed by atoms with Gasteiger partial charge < -0.3 is 10.4 Å². The zero-order valence-corrected chi connectivity index (χ0v) is 18.1.